The Kier molecular flexibility index (Phi) is 10.2. The number of hydrogen-bond acceptors (Lipinski definition) is 6. The molecule has 0 aliphatic carbocycles. The number of rotatable bonds is 11. The minimum Gasteiger partial charge on any atom is -0.480 e. The third kappa shape index (κ3) is 7.71. The van der Waals surface area contributed by atoms with E-state index in [1.807, 2.05) is 0 Å². The zero-order chi connectivity index (χ0) is 18.9. The summed E-state index contributed by atoms with van der Waals surface area (Å²) in [6.45, 7) is 5.26. The lowest BCUT2D eigenvalue weighted by Crippen LogP contribution is -2.58. The zero-order valence-corrected chi connectivity index (χ0v) is 14.5. The molecule has 0 aromatic heterocycles. The van der Waals surface area contributed by atoms with Crippen LogP contribution in [0.1, 0.15) is 40.0 Å². The van der Waals surface area contributed by atoms with Crippen molar-refractivity contribution in [2.45, 2.75) is 64.3 Å². The summed E-state index contributed by atoms with van der Waals surface area (Å²) in [6, 6.07) is -3.22. The van der Waals surface area contributed by atoms with Crippen molar-refractivity contribution in [3.8, 4) is 0 Å². The predicted molar refractivity (Wildman–Crippen MR) is 88.9 cm³/mol. The maximum Gasteiger partial charge on any atom is 0.326 e. The second-order valence-corrected chi connectivity index (χ2v) is 6.18. The van der Waals surface area contributed by atoms with Crippen LogP contribution in [0.25, 0.3) is 0 Å². The Balaban J connectivity index is 4.88. The Labute approximate surface area is 142 Å². The van der Waals surface area contributed by atoms with E-state index in [1.165, 1.54) is 6.92 Å². The van der Waals surface area contributed by atoms with Gasteiger partial charge in [-0.25, -0.2) is 4.79 Å². The minimum atomic E-state index is -1.28. The first-order valence-corrected chi connectivity index (χ1v) is 8.09. The molecule has 4 unspecified atom stereocenters. The van der Waals surface area contributed by atoms with Gasteiger partial charge in [-0.15, -0.1) is 0 Å². The fourth-order valence-corrected chi connectivity index (χ4v) is 1.97. The monoisotopic (exact) mass is 346 g/mol. The number of hydrogen-bond donors (Lipinski definition) is 6. The molecule has 0 bridgehead atoms. The number of nitrogens with one attached hydrogen (secondary N) is 2. The second kappa shape index (κ2) is 11.0. The van der Waals surface area contributed by atoms with Gasteiger partial charge in [0.05, 0.1) is 12.1 Å². The standard InChI is InChI=1S/C15H30N4O5/c1-8(2)11(17)13(21)19-12(9(3)20)14(22)18-10(15(23)24)6-4-5-7-16/h8-12,20H,4-7,16-17H2,1-3H3,(H,18,22)(H,19,21)(H,23,24). The highest BCUT2D eigenvalue weighted by Crippen LogP contribution is 2.04. The van der Waals surface area contributed by atoms with Crippen LogP contribution in [0.3, 0.4) is 0 Å². The molecule has 140 valence electrons. The lowest BCUT2D eigenvalue weighted by molar-refractivity contribution is -0.143. The lowest BCUT2D eigenvalue weighted by Gasteiger charge is -2.25. The first kappa shape index (κ1) is 22.3. The molecule has 9 heteroatoms. The van der Waals surface area contributed by atoms with Crippen molar-refractivity contribution >= 4 is 17.8 Å². The minimum absolute atomic E-state index is 0.147. The summed E-state index contributed by atoms with van der Waals surface area (Å²) >= 11 is 0. The number of amides is 2. The molecule has 8 N–H and O–H groups in total. The Hall–Kier alpha value is -1.71. The van der Waals surface area contributed by atoms with Crippen LogP contribution in [0.5, 0.6) is 0 Å². The number of unbranched alkanes of at least 4 members (excludes halogenated alkanes) is 1. The molecule has 0 aliphatic rings. The third-order valence-electron chi connectivity index (χ3n) is 3.65. The van der Waals surface area contributed by atoms with Crippen molar-refractivity contribution in [2.75, 3.05) is 6.54 Å². The van der Waals surface area contributed by atoms with Crippen LogP contribution >= 0.6 is 0 Å². The summed E-state index contributed by atoms with van der Waals surface area (Å²) in [6.07, 6.45) is 0.188. The van der Waals surface area contributed by atoms with Crippen molar-refractivity contribution in [2.24, 2.45) is 17.4 Å². The van der Waals surface area contributed by atoms with Crippen LogP contribution in [0.15, 0.2) is 0 Å². The highest BCUT2D eigenvalue weighted by molar-refractivity contribution is 5.92. The van der Waals surface area contributed by atoms with Gasteiger partial charge in [0.2, 0.25) is 11.8 Å². The van der Waals surface area contributed by atoms with E-state index in [0.29, 0.717) is 19.4 Å². The quantitative estimate of drug-likeness (QED) is 0.248. The zero-order valence-electron chi connectivity index (χ0n) is 14.5. The number of carboxylic acid groups (broad SMARTS) is 1. The molecule has 0 spiro atoms. The summed E-state index contributed by atoms with van der Waals surface area (Å²) in [7, 11) is 0. The third-order valence-corrected chi connectivity index (χ3v) is 3.65. The normalized spacial score (nSPS) is 16.1. The molecule has 4 atom stereocenters. The summed E-state index contributed by atoms with van der Waals surface area (Å²) in [5.41, 5.74) is 11.1. The molecule has 0 aliphatic heterocycles. The van der Waals surface area contributed by atoms with Gasteiger partial charge in [-0.3, -0.25) is 9.59 Å². The molecule has 0 aromatic carbocycles. The summed E-state index contributed by atoms with van der Waals surface area (Å²) < 4.78 is 0. The van der Waals surface area contributed by atoms with Gasteiger partial charge >= 0.3 is 5.97 Å². The van der Waals surface area contributed by atoms with Crippen LogP contribution in [-0.4, -0.2) is 58.8 Å². The molecule has 0 rings (SSSR count). The first-order chi connectivity index (χ1) is 11.1. The topological polar surface area (TPSA) is 168 Å². The highest BCUT2D eigenvalue weighted by atomic mass is 16.4. The fraction of sp³-hybridized carbons (Fsp3) is 0.800. The molecule has 9 nitrogen and oxygen atoms in total. The average Bonchev–Trinajstić information content (AvgIpc) is 2.49. The van der Waals surface area contributed by atoms with E-state index in [-0.39, 0.29) is 12.3 Å². The van der Waals surface area contributed by atoms with E-state index in [1.54, 1.807) is 13.8 Å². The van der Waals surface area contributed by atoms with Crippen LogP contribution in [0.4, 0.5) is 0 Å². The van der Waals surface area contributed by atoms with Crippen molar-refractivity contribution < 1.29 is 24.6 Å². The van der Waals surface area contributed by atoms with E-state index in [0.717, 1.165) is 0 Å². The van der Waals surface area contributed by atoms with Gasteiger partial charge < -0.3 is 32.3 Å². The van der Waals surface area contributed by atoms with Crippen LogP contribution in [0, 0.1) is 5.92 Å². The number of aliphatic carboxylic acids is 1. The van der Waals surface area contributed by atoms with Gasteiger partial charge in [0.25, 0.3) is 0 Å². The van der Waals surface area contributed by atoms with Crippen LogP contribution in [0.2, 0.25) is 0 Å². The fourth-order valence-electron chi connectivity index (χ4n) is 1.97. The van der Waals surface area contributed by atoms with E-state index in [4.69, 9.17) is 16.6 Å². The number of carboxylic acids is 1. The van der Waals surface area contributed by atoms with E-state index < -0.39 is 42.0 Å². The van der Waals surface area contributed by atoms with E-state index >= 15 is 0 Å². The van der Waals surface area contributed by atoms with Crippen LogP contribution < -0.4 is 22.1 Å². The average molecular weight is 346 g/mol. The van der Waals surface area contributed by atoms with Crippen molar-refractivity contribution in [1.82, 2.24) is 10.6 Å². The largest absolute Gasteiger partial charge is 0.480 e. The number of carbonyl (C=O) groups excluding carboxylic acids is 2. The van der Waals surface area contributed by atoms with Gasteiger partial charge in [-0.05, 0) is 38.6 Å². The van der Waals surface area contributed by atoms with Gasteiger partial charge in [0, 0.05) is 0 Å². The predicted octanol–water partition coefficient (Wildman–Crippen LogP) is -1.47. The molecule has 2 amide bonds. The Bertz CT molecular complexity index is 428. The molecule has 0 radical (unpaired) electrons. The summed E-state index contributed by atoms with van der Waals surface area (Å²) in [5, 5.41) is 23.6. The Morgan fingerprint density at radius 3 is 2.04 bits per heavy atom. The number of carbonyl (C=O) groups is 3. The number of aliphatic hydroxyl groups excluding tert-OH is 1. The summed E-state index contributed by atoms with van der Waals surface area (Å²) in [4.78, 5) is 35.4. The molecule has 0 saturated heterocycles. The van der Waals surface area contributed by atoms with E-state index in [9.17, 15) is 19.5 Å². The lowest BCUT2D eigenvalue weighted by atomic mass is 10.0. The molecule has 0 fully saturated rings. The van der Waals surface area contributed by atoms with Crippen molar-refractivity contribution in [1.29, 1.82) is 0 Å². The van der Waals surface area contributed by atoms with Crippen LogP contribution in [-0.2, 0) is 14.4 Å². The Morgan fingerprint density at radius 1 is 1.04 bits per heavy atom. The van der Waals surface area contributed by atoms with Gasteiger partial charge in [0.1, 0.15) is 12.1 Å². The summed E-state index contributed by atoms with van der Waals surface area (Å²) in [5.74, 6) is -2.68. The Morgan fingerprint density at radius 2 is 1.62 bits per heavy atom. The molecular formula is C15H30N4O5. The first-order valence-electron chi connectivity index (χ1n) is 8.09. The van der Waals surface area contributed by atoms with Crippen molar-refractivity contribution in [3.63, 3.8) is 0 Å². The van der Waals surface area contributed by atoms with E-state index in [2.05, 4.69) is 10.6 Å². The van der Waals surface area contributed by atoms with Crippen molar-refractivity contribution in [3.05, 3.63) is 0 Å². The molecular weight excluding hydrogens is 316 g/mol. The van der Waals surface area contributed by atoms with Gasteiger partial charge in [-0.1, -0.05) is 13.8 Å². The van der Waals surface area contributed by atoms with Gasteiger partial charge in [-0.2, -0.15) is 0 Å². The maximum absolute atomic E-state index is 12.2. The SMILES string of the molecule is CC(C)C(N)C(=O)NC(C(=O)NC(CCCCN)C(=O)O)C(C)O. The molecule has 0 heterocycles. The maximum atomic E-state index is 12.2. The molecule has 0 aromatic rings. The molecule has 0 saturated carbocycles. The number of aliphatic hydroxyl groups is 1. The van der Waals surface area contributed by atoms with Gasteiger partial charge in [0.15, 0.2) is 0 Å². The molecule has 24 heavy (non-hydrogen) atoms. The second-order valence-electron chi connectivity index (χ2n) is 6.18. The highest BCUT2D eigenvalue weighted by Gasteiger charge is 2.31. The smallest absolute Gasteiger partial charge is 0.326 e. The number of nitrogens with two attached hydrogens (primary N) is 2.